The van der Waals surface area contributed by atoms with Crippen molar-refractivity contribution in [2.24, 2.45) is 0 Å². The number of hydrogen-bond acceptors (Lipinski definition) is 8. The van der Waals surface area contributed by atoms with Gasteiger partial charge in [-0.1, -0.05) is 6.07 Å². The molecule has 0 fully saturated rings. The molecule has 28 heavy (non-hydrogen) atoms. The van der Waals surface area contributed by atoms with Crippen LogP contribution in [0.4, 0.5) is 17.5 Å². The van der Waals surface area contributed by atoms with Crippen LogP contribution in [0.15, 0.2) is 42.5 Å². The van der Waals surface area contributed by atoms with E-state index in [1.54, 1.807) is 0 Å². The Morgan fingerprint density at radius 3 is 2.36 bits per heavy atom. The van der Waals surface area contributed by atoms with Crippen LogP contribution >= 0.6 is 0 Å². The van der Waals surface area contributed by atoms with Crippen molar-refractivity contribution in [1.29, 1.82) is 0 Å². The van der Waals surface area contributed by atoms with E-state index in [-0.39, 0.29) is 13.6 Å². The maximum atomic E-state index is 5.42. The number of nitrogens with one attached hydrogen (secondary N) is 2. The fraction of sp³-hybridized carbons (Fsp3) is 0.200. The summed E-state index contributed by atoms with van der Waals surface area (Å²) in [6.07, 6.45) is 0. The summed E-state index contributed by atoms with van der Waals surface area (Å²) in [5, 5.41) is 6.54. The van der Waals surface area contributed by atoms with E-state index >= 15 is 0 Å². The van der Waals surface area contributed by atoms with Crippen molar-refractivity contribution in [3.05, 3.63) is 53.7 Å². The van der Waals surface area contributed by atoms with Gasteiger partial charge in [-0.3, -0.25) is 0 Å². The summed E-state index contributed by atoms with van der Waals surface area (Å²) >= 11 is 0. The second kappa shape index (κ2) is 6.80. The van der Waals surface area contributed by atoms with Gasteiger partial charge >= 0.3 is 0 Å². The van der Waals surface area contributed by atoms with Gasteiger partial charge in [0, 0.05) is 30.1 Å². The minimum Gasteiger partial charge on any atom is -0.454 e. The van der Waals surface area contributed by atoms with Gasteiger partial charge in [0.15, 0.2) is 23.0 Å². The number of hydrogen-bond donors (Lipinski definition) is 2. The summed E-state index contributed by atoms with van der Waals surface area (Å²) < 4.78 is 21.5. The molecule has 2 aromatic carbocycles. The van der Waals surface area contributed by atoms with E-state index in [0.717, 1.165) is 40.0 Å². The van der Waals surface area contributed by atoms with Gasteiger partial charge in [0.05, 0.1) is 0 Å². The van der Waals surface area contributed by atoms with Crippen molar-refractivity contribution in [2.75, 3.05) is 24.2 Å². The van der Waals surface area contributed by atoms with Crippen LogP contribution < -0.4 is 29.6 Å². The van der Waals surface area contributed by atoms with Crippen molar-refractivity contribution < 1.29 is 18.9 Å². The van der Waals surface area contributed by atoms with E-state index < -0.39 is 0 Å². The van der Waals surface area contributed by atoms with Crippen molar-refractivity contribution >= 4 is 17.5 Å². The maximum absolute atomic E-state index is 5.42. The molecule has 0 aliphatic carbocycles. The van der Waals surface area contributed by atoms with Crippen molar-refractivity contribution in [1.82, 2.24) is 9.97 Å². The predicted octanol–water partition coefficient (Wildman–Crippen LogP) is 3.60. The number of anilines is 3. The number of aromatic nitrogens is 2. The summed E-state index contributed by atoms with van der Waals surface area (Å²) in [6, 6.07) is 13.4. The van der Waals surface area contributed by atoms with E-state index in [0.29, 0.717) is 18.2 Å². The zero-order chi connectivity index (χ0) is 18.9. The lowest BCUT2D eigenvalue weighted by molar-refractivity contribution is 0.173. The third-order valence-corrected chi connectivity index (χ3v) is 4.39. The van der Waals surface area contributed by atoms with Gasteiger partial charge < -0.3 is 29.6 Å². The Kier molecular flexibility index (Phi) is 4.01. The molecule has 1 aromatic heterocycles. The van der Waals surface area contributed by atoms with Crippen molar-refractivity contribution in [3.63, 3.8) is 0 Å². The second-order valence-corrected chi connectivity index (χ2v) is 6.45. The number of nitrogens with zero attached hydrogens (tertiary/aromatic N) is 2. The van der Waals surface area contributed by atoms with E-state index in [2.05, 4.69) is 20.6 Å². The number of ether oxygens (including phenoxy) is 4. The number of rotatable bonds is 5. The fourth-order valence-electron chi connectivity index (χ4n) is 3.06. The van der Waals surface area contributed by atoms with Gasteiger partial charge in [0.1, 0.15) is 5.82 Å². The Morgan fingerprint density at radius 2 is 1.54 bits per heavy atom. The van der Waals surface area contributed by atoms with Crippen LogP contribution in [0, 0.1) is 6.92 Å². The smallest absolute Gasteiger partial charge is 0.231 e. The molecule has 5 rings (SSSR count). The molecule has 0 saturated carbocycles. The Morgan fingerprint density at radius 1 is 0.821 bits per heavy atom. The highest BCUT2D eigenvalue weighted by atomic mass is 16.7. The van der Waals surface area contributed by atoms with Gasteiger partial charge in [-0.25, -0.2) is 4.98 Å². The van der Waals surface area contributed by atoms with E-state index in [1.807, 2.05) is 49.4 Å². The average Bonchev–Trinajstić information content (AvgIpc) is 3.34. The zero-order valence-corrected chi connectivity index (χ0v) is 15.2. The number of fused-ring (bicyclic) bond motifs is 2. The van der Waals surface area contributed by atoms with Crippen LogP contribution in [0.3, 0.4) is 0 Å². The molecule has 8 nitrogen and oxygen atoms in total. The van der Waals surface area contributed by atoms with Crippen LogP contribution in [0.2, 0.25) is 0 Å². The molecule has 0 atom stereocenters. The van der Waals surface area contributed by atoms with E-state index in [9.17, 15) is 0 Å². The first kappa shape index (κ1) is 16.5. The van der Waals surface area contributed by atoms with Crippen LogP contribution in [0.1, 0.15) is 11.3 Å². The third-order valence-electron chi connectivity index (χ3n) is 4.39. The molecule has 3 aromatic rings. The van der Waals surface area contributed by atoms with Gasteiger partial charge in [-0.2, -0.15) is 4.98 Å². The molecular formula is C20H18N4O4. The molecule has 0 unspecified atom stereocenters. The first-order valence-electron chi connectivity index (χ1n) is 8.88. The maximum Gasteiger partial charge on any atom is 0.231 e. The average molecular weight is 378 g/mol. The van der Waals surface area contributed by atoms with Gasteiger partial charge in [-0.05, 0) is 36.8 Å². The standard InChI is InChI=1S/C20H18N4O4/c1-12-6-19(21-9-13-2-4-15-17(7-13)27-10-25-15)24-20(22-12)23-14-3-5-16-18(8-14)28-11-26-16/h2-8H,9-11H2,1H3,(H2,21,22,23,24). The van der Waals surface area contributed by atoms with E-state index in [1.165, 1.54) is 0 Å². The lowest BCUT2D eigenvalue weighted by Crippen LogP contribution is -2.05. The first-order chi connectivity index (χ1) is 13.7. The molecule has 142 valence electrons. The summed E-state index contributed by atoms with van der Waals surface area (Å²) in [6.45, 7) is 3.05. The molecule has 0 spiro atoms. The summed E-state index contributed by atoms with van der Waals surface area (Å²) in [4.78, 5) is 9.00. The SMILES string of the molecule is Cc1cc(NCc2ccc3c(c2)OCO3)nc(Nc2ccc3c(c2)OCO3)n1. The Balaban J connectivity index is 1.30. The molecule has 0 saturated heterocycles. The Labute approximate surface area is 161 Å². The minimum atomic E-state index is 0.244. The second-order valence-electron chi connectivity index (χ2n) is 6.45. The van der Waals surface area contributed by atoms with Crippen molar-refractivity contribution in [2.45, 2.75) is 13.5 Å². The van der Waals surface area contributed by atoms with E-state index in [4.69, 9.17) is 18.9 Å². The molecule has 8 heteroatoms. The molecule has 2 N–H and O–H groups in total. The highest BCUT2D eigenvalue weighted by Gasteiger charge is 2.15. The quantitative estimate of drug-likeness (QED) is 0.696. The zero-order valence-electron chi connectivity index (χ0n) is 15.2. The van der Waals surface area contributed by atoms with Crippen LogP contribution in [0.5, 0.6) is 23.0 Å². The van der Waals surface area contributed by atoms with Gasteiger partial charge in [0.25, 0.3) is 0 Å². The lowest BCUT2D eigenvalue weighted by atomic mass is 10.2. The molecule has 2 aliphatic heterocycles. The minimum absolute atomic E-state index is 0.244. The van der Waals surface area contributed by atoms with Gasteiger partial charge in [-0.15, -0.1) is 0 Å². The monoisotopic (exact) mass is 378 g/mol. The van der Waals surface area contributed by atoms with Gasteiger partial charge in [0.2, 0.25) is 19.5 Å². The third kappa shape index (κ3) is 3.32. The lowest BCUT2D eigenvalue weighted by Gasteiger charge is -2.11. The molecular weight excluding hydrogens is 360 g/mol. The normalized spacial score (nSPS) is 13.5. The predicted molar refractivity (Wildman–Crippen MR) is 103 cm³/mol. The molecule has 2 aliphatic rings. The number of benzene rings is 2. The highest BCUT2D eigenvalue weighted by molar-refractivity contribution is 5.61. The summed E-state index contributed by atoms with van der Waals surface area (Å²) in [7, 11) is 0. The fourth-order valence-corrected chi connectivity index (χ4v) is 3.06. The molecule has 0 bridgehead atoms. The summed E-state index contributed by atoms with van der Waals surface area (Å²) in [5.41, 5.74) is 2.76. The molecule has 0 amide bonds. The molecule has 0 radical (unpaired) electrons. The Bertz CT molecular complexity index is 1040. The molecule has 3 heterocycles. The Hall–Kier alpha value is -3.68. The topological polar surface area (TPSA) is 86.8 Å². The van der Waals surface area contributed by atoms with Crippen LogP contribution in [0.25, 0.3) is 0 Å². The first-order valence-corrected chi connectivity index (χ1v) is 8.88. The van der Waals surface area contributed by atoms with Crippen LogP contribution in [-0.2, 0) is 6.54 Å². The van der Waals surface area contributed by atoms with Crippen LogP contribution in [-0.4, -0.2) is 23.6 Å². The number of aryl methyl sites for hydroxylation is 1. The largest absolute Gasteiger partial charge is 0.454 e. The summed E-state index contributed by atoms with van der Waals surface area (Å²) in [5.74, 6) is 4.22. The highest BCUT2D eigenvalue weighted by Crippen LogP contribution is 2.35. The van der Waals surface area contributed by atoms with Crippen molar-refractivity contribution in [3.8, 4) is 23.0 Å².